The predicted octanol–water partition coefficient (Wildman–Crippen LogP) is -0.306. The van der Waals surface area contributed by atoms with Gasteiger partial charge in [-0.05, 0) is 19.3 Å². The fourth-order valence-electron chi connectivity index (χ4n) is 2.72. The van der Waals surface area contributed by atoms with E-state index in [1.54, 1.807) is 18.2 Å². The molecule has 0 spiro atoms. The quantitative estimate of drug-likeness (QED) is 0.0562. The van der Waals surface area contributed by atoms with Crippen LogP contribution in [0.15, 0.2) is 24.3 Å². The molecule has 210 valence electrons. The number of rotatable bonds is 19. The SMILES string of the molecule is CC(=O)N(O)C/C=C/CNC(=O)CCC(=O)N(O)CCCCCNC(=O)CCC(=O)N(O)C/C=C/CN. The van der Waals surface area contributed by atoms with Crippen LogP contribution >= 0.6 is 0 Å². The zero-order valence-corrected chi connectivity index (χ0v) is 21.3. The van der Waals surface area contributed by atoms with E-state index < -0.39 is 17.7 Å². The summed E-state index contributed by atoms with van der Waals surface area (Å²) in [6.45, 7) is 2.13. The summed E-state index contributed by atoms with van der Waals surface area (Å²) in [7, 11) is 0. The van der Waals surface area contributed by atoms with E-state index in [0.29, 0.717) is 47.5 Å². The van der Waals surface area contributed by atoms with Crippen molar-refractivity contribution in [2.75, 3.05) is 39.3 Å². The van der Waals surface area contributed by atoms with Crippen molar-refractivity contribution in [3.05, 3.63) is 24.3 Å². The number of hydrogen-bond donors (Lipinski definition) is 6. The average molecular weight is 529 g/mol. The van der Waals surface area contributed by atoms with Crippen LogP contribution in [-0.4, -0.2) is 99.6 Å². The van der Waals surface area contributed by atoms with E-state index in [2.05, 4.69) is 10.6 Å². The molecule has 0 aliphatic carbocycles. The smallest absolute Gasteiger partial charge is 0.246 e. The molecule has 0 aromatic heterocycles. The molecule has 0 aromatic rings. The highest BCUT2D eigenvalue weighted by Crippen LogP contribution is 2.01. The van der Waals surface area contributed by atoms with Crippen LogP contribution in [0.3, 0.4) is 0 Å². The van der Waals surface area contributed by atoms with Gasteiger partial charge in [0.05, 0.1) is 13.1 Å². The fourth-order valence-corrected chi connectivity index (χ4v) is 2.72. The van der Waals surface area contributed by atoms with E-state index in [1.165, 1.54) is 13.0 Å². The number of amides is 5. The molecule has 37 heavy (non-hydrogen) atoms. The van der Waals surface area contributed by atoms with Crippen molar-refractivity contribution in [2.24, 2.45) is 5.73 Å². The van der Waals surface area contributed by atoms with Crippen molar-refractivity contribution >= 4 is 29.5 Å². The van der Waals surface area contributed by atoms with Crippen LogP contribution in [0.25, 0.3) is 0 Å². The van der Waals surface area contributed by atoms with Crippen LogP contribution in [0.5, 0.6) is 0 Å². The second kappa shape index (κ2) is 20.8. The Kier molecular flexibility index (Phi) is 18.9. The number of hydrogen-bond acceptors (Lipinski definition) is 9. The van der Waals surface area contributed by atoms with Crippen molar-refractivity contribution in [2.45, 2.75) is 51.9 Å². The summed E-state index contributed by atoms with van der Waals surface area (Å²) >= 11 is 0. The zero-order valence-electron chi connectivity index (χ0n) is 21.3. The van der Waals surface area contributed by atoms with Crippen LogP contribution < -0.4 is 16.4 Å². The first-order valence-corrected chi connectivity index (χ1v) is 12.1. The van der Waals surface area contributed by atoms with Crippen molar-refractivity contribution in [1.29, 1.82) is 0 Å². The number of nitrogens with one attached hydrogen (secondary N) is 2. The van der Waals surface area contributed by atoms with Gasteiger partial charge in [-0.3, -0.25) is 39.6 Å². The molecule has 0 fully saturated rings. The lowest BCUT2D eigenvalue weighted by Gasteiger charge is -2.15. The van der Waals surface area contributed by atoms with E-state index in [4.69, 9.17) is 5.73 Å². The molecule has 0 heterocycles. The van der Waals surface area contributed by atoms with E-state index in [-0.39, 0.29) is 63.7 Å². The van der Waals surface area contributed by atoms with Gasteiger partial charge in [0.2, 0.25) is 29.5 Å². The van der Waals surface area contributed by atoms with Gasteiger partial charge in [-0.25, -0.2) is 15.2 Å². The molecule has 5 amide bonds. The third kappa shape index (κ3) is 18.6. The summed E-state index contributed by atoms with van der Waals surface area (Å²) in [5, 5.41) is 35.3. The van der Waals surface area contributed by atoms with Gasteiger partial charge in [0.15, 0.2) is 0 Å². The van der Waals surface area contributed by atoms with Crippen LogP contribution in [0.1, 0.15) is 51.9 Å². The molecule has 0 aliphatic rings. The normalized spacial score (nSPS) is 10.9. The van der Waals surface area contributed by atoms with Gasteiger partial charge in [-0.2, -0.15) is 0 Å². The second-order valence-corrected chi connectivity index (χ2v) is 7.99. The fraction of sp³-hybridized carbons (Fsp3) is 0.609. The van der Waals surface area contributed by atoms with E-state index >= 15 is 0 Å². The van der Waals surface area contributed by atoms with Crippen LogP contribution in [-0.2, 0) is 24.0 Å². The minimum atomic E-state index is -0.586. The number of nitrogens with two attached hydrogens (primary N) is 1. The zero-order chi connectivity index (χ0) is 28.1. The molecule has 7 N–H and O–H groups in total. The standard InChI is InChI=1S/C23H40N6O8/c1-19(30)27(35)16-8-5-15-26-21(32)10-11-22(33)28(36)17-6-2-4-14-25-20(31)9-12-23(34)29(37)18-7-3-13-24/h3,5,7-8,35-37H,2,4,6,9-18,24H2,1H3,(H,25,31)(H,26,32)/b7-3+,8-5+. The highest BCUT2D eigenvalue weighted by Gasteiger charge is 2.13. The molecule has 0 aromatic carbocycles. The lowest BCUT2D eigenvalue weighted by Crippen LogP contribution is -2.31. The van der Waals surface area contributed by atoms with Gasteiger partial charge >= 0.3 is 0 Å². The molecule has 14 heteroatoms. The Hall–Kier alpha value is -3.33. The Morgan fingerprint density at radius 2 is 1.27 bits per heavy atom. The number of unbranched alkanes of at least 4 members (excludes halogenated alkanes) is 2. The molecular formula is C23H40N6O8. The third-order valence-electron chi connectivity index (χ3n) is 4.88. The van der Waals surface area contributed by atoms with Gasteiger partial charge in [0.1, 0.15) is 0 Å². The monoisotopic (exact) mass is 528 g/mol. The molecule has 0 aliphatic heterocycles. The Bertz CT molecular complexity index is 789. The lowest BCUT2D eigenvalue weighted by atomic mass is 10.2. The summed E-state index contributed by atoms with van der Waals surface area (Å²) in [6.07, 6.45) is 7.48. The first kappa shape index (κ1) is 33.7. The second-order valence-electron chi connectivity index (χ2n) is 7.99. The van der Waals surface area contributed by atoms with Crippen LogP contribution in [0, 0.1) is 0 Å². The summed E-state index contributed by atoms with van der Waals surface area (Å²) in [5.41, 5.74) is 5.27. The minimum absolute atomic E-state index is 0.00201. The van der Waals surface area contributed by atoms with Crippen molar-refractivity contribution < 1.29 is 39.6 Å². The largest absolute Gasteiger partial charge is 0.356 e. The molecular weight excluding hydrogens is 488 g/mol. The molecule has 0 bridgehead atoms. The topological polar surface area (TPSA) is 206 Å². The lowest BCUT2D eigenvalue weighted by molar-refractivity contribution is -0.166. The molecule has 0 radical (unpaired) electrons. The summed E-state index contributed by atoms with van der Waals surface area (Å²) in [4.78, 5) is 58.0. The Labute approximate surface area is 216 Å². The van der Waals surface area contributed by atoms with Gasteiger partial charge in [0.25, 0.3) is 0 Å². The molecule has 0 saturated heterocycles. The maximum Gasteiger partial charge on any atom is 0.246 e. The van der Waals surface area contributed by atoms with E-state index in [0.717, 1.165) is 0 Å². The average Bonchev–Trinajstić information content (AvgIpc) is 2.87. The first-order chi connectivity index (χ1) is 17.6. The molecule has 0 atom stereocenters. The van der Waals surface area contributed by atoms with Gasteiger partial charge in [0, 0.05) is 58.8 Å². The molecule has 0 rings (SSSR count). The predicted molar refractivity (Wildman–Crippen MR) is 132 cm³/mol. The Morgan fingerprint density at radius 1 is 0.703 bits per heavy atom. The van der Waals surface area contributed by atoms with Crippen LogP contribution in [0.4, 0.5) is 0 Å². The van der Waals surface area contributed by atoms with Crippen molar-refractivity contribution in [1.82, 2.24) is 25.8 Å². The number of hydroxylamine groups is 6. The van der Waals surface area contributed by atoms with Gasteiger partial charge in [-0.1, -0.05) is 24.3 Å². The molecule has 0 saturated carbocycles. The van der Waals surface area contributed by atoms with Crippen LogP contribution in [0.2, 0.25) is 0 Å². The molecule has 0 unspecified atom stereocenters. The summed E-state index contributed by atoms with van der Waals surface area (Å²) < 4.78 is 0. The van der Waals surface area contributed by atoms with E-state index in [9.17, 15) is 39.6 Å². The van der Waals surface area contributed by atoms with Crippen molar-refractivity contribution in [3.63, 3.8) is 0 Å². The maximum absolute atomic E-state index is 11.9. The number of carbonyl (C=O) groups is 5. The van der Waals surface area contributed by atoms with Crippen molar-refractivity contribution in [3.8, 4) is 0 Å². The summed E-state index contributed by atoms with van der Waals surface area (Å²) in [6, 6.07) is 0. The Balaban J connectivity index is 3.84. The van der Waals surface area contributed by atoms with Gasteiger partial charge in [-0.15, -0.1) is 0 Å². The minimum Gasteiger partial charge on any atom is -0.356 e. The number of carbonyl (C=O) groups excluding carboxylic acids is 5. The highest BCUT2D eigenvalue weighted by molar-refractivity contribution is 5.83. The Morgan fingerprint density at radius 3 is 1.89 bits per heavy atom. The first-order valence-electron chi connectivity index (χ1n) is 12.1. The molecule has 14 nitrogen and oxygen atoms in total. The third-order valence-corrected chi connectivity index (χ3v) is 4.88. The number of nitrogens with zero attached hydrogens (tertiary/aromatic N) is 3. The van der Waals surface area contributed by atoms with E-state index in [1.807, 2.05) is 0 Å². The maximum atomic E-state index is 11.9. The van der Waals surface area contributed by atoms with Gasteiger partial charge < -0.3 is 16.4 Å². The summed E-state index contributed by atoms with van der Waals surface area (Å²) in [5.74, 6) is -2.36. The highest BCUT2D eigenvalue weighted by atomic mass is 16.5.